The first kappa shape index (κ1) is 15.7. The fraction of sp³-hybridized carbons (Fsp3) is 0.294. The number of hydrogen-bond acceptors (Lipinski definition) is 3. The average molecular weight is 350 g/mol. The monoisotopic (exact) mass is 349 g/mol. The molecular weight excluding hydrogens is 330 g/mol. The van der Waals surface area contributed by atoms with Crippen LogP contribution in [0.1, 0.15) is 24.1 Å². The number of benzene rings is 2. The van der Waals surface area contributed by atoms with Crippen molar-refractivity contribution in [2.75, 3.05) is 19.5 Å². The molecule has 21 heavy (non-hydrogen) atoms. The third-order valence-corrected chi connectivity index (χ3v) is 3.97. The molecule has 0 aromatic heterocycles. The molecular formula is C17H20BrNO2. The Kier molecular flexibility index (Phi) is 5.12. The van der Waals surface area contributed by atoms with Gasteiger partial charge in [-0.2, -0.15) is 0 Å². The Morgan fingerprint density at radius 3 is 2.48 bits per heavy atom. The van der Waals surface area contributed by atoms with E-state index in [2.05, 4.69) is 47.2 Å². The number of halogens is 1. The van der Waals surface area contributed by atoms with Crippen LogP contribution in [0.5, 0.6) is 11.5 Å². The summed E-state index contributed by atoms with van der Waals surface area (Å²) in [6.07, 6.45) is 0. The van der Waals surface area contributed by atoms with Crippen LogP contribution in [0.4, 0.5) is 5.69 Å². The Morgan fingerprint density at radius 1 is 1.05 bits per heavy atom. The maximum atomic E-state index is 5.45. The van der Waals surface area contributed by atoms with E-state index >= 15 is 0 Å². The maximum Gasteiger partial charge on any atom is 0.124 e. The highest BCUT2D eigenvalue weighted by molar-refractivity contribution is 9.10. The highest BCUT2D eigenvalue weighted by atomic mass is 79.9. The van der Waals surface area contributed by atoms with Gasteiger partial charge >= 0.3 is 0 Å². The molecule has 4 heteroatoms. The summed E-state index contributed by atoms with van der Waals surface area (Å²) in [6.45, 7) is 4.20. The lowest BCUT2D eigenvalue weighted by atomic mass is 10.1. The fourth-order valence-electron chi connectivity index (χ4n) is 2.24. The van der Waals surface area contributed by atoms with Gasteiger partial charge in [0.2, 0.25) is 0 Å². The van der Waals surface area contributed by atoms with E-state index in [-0.39, 0.29) is 6.04 Å². The van der Waals surface area contributed by atoms with Gasteiger partial charge in [0.15, 0.2) is 0 Å². The van der Waals surface area contributed by atoms with E-state index in [9.17, 15) is 0 Å². The predicted octanol–water partition coefficient (Wildman–Crippen LogP) is 4.95. The lowest BCUT2D eigenvalue weighted by molar-refractivity contribution is 0.397. The second-order valence-electron chi connectivity index (χ2n) is 4.93. The molecule has 0 aliphatic rings. The molecule has 0 amide bonds. The van der Waals surface area contributed by atoms with Crippen LogP contribution >= 0.6 is 15.9 Å². The first-order valence-electron chi connectivity index (χ1n) is 6.79. The molecule has 0 bridgehead atoms. The first-order chi connectivity index (χ1) is 10.0. The molecule has 112 valence electrons. The molecule has 2 rings (SSSR count). The van der Waals surface area contributed by atoms with E-state index in [4.69, 9.17) is 9.47 Å². The molecule has 0 fully saturated rings. The van der Waals surface area contributed by atoms with Gasteiger partial charge in [-0.25, -0.2) is 0 Å². The van der Waals surface area contributed by atoms with E-state index in [1.807, 2.05) is 24.3 Å². The van der Waals surface area contributed by atoms with Crippen molar-refractivity contribution >= 4 is 21.6 Å². The number of aryl methyl sites for hydroxylation is 1. The molecule has 0 aliphatic carbocycles. The van der Waals surface area contributed by atoms with E-state index < -0.39 is 0 Å². The van der Waals surface area contributed by atoms with Gasteiger partial charge in [-0.05, 0) is 49.7 Å². The average Bonchev–Trinajstić information content (AvgIpc) is 2.50. The molecule has 1 N–H and O–H groups in total. The van der Waals surface area contributed by atoms with Crippen LogP contribution < -0.4 is 14.8 Å². The van der Waals surface area contributed by atoms with Crippen molar-refractivity contribution in [1.29, 1.82) is 0 Å². The molecule has 0 radical (unpaired) electrons. The molecule has 1 unspecified atom stereocenters. The van der Waals surface area contributed by atoms with Crippen molar-refractivity contribution in [2.45, 2.75) is 19.9 Å². The molecule has 2 aromatic rings. The zero-order chi connectivity index (χ0) is 15.4. The summed E-state index contributed by atoms with van der Waals surface area (Å²) >= 11 is 3.51. The summed E-state index contributed by atoms with van der Waals surface area (Å²) in [5.41, 5.74) is 3.37. The lowest BCUT2D eigenvalue weighted by Crippen LogP contribution is -2.09. The minimum atomic E-state index is 0.100. The Morgan fingerprint density at radius 2 is 1.81 bits per heavy atom. The Hall–Kier alpha value is -1.68. The molecule has 1 atom stereocenters. The first-order valence-corrected chi connectivity index (χ1v) is 7.59. The van der Waals surface area contributed by atoms with Crippen LogP contribution in [0.3, 0.4) is 0 Å². The minimum Gasteiger partial charge on any atom is -0.497 e. The fourth-order valence-corrected chi connectivity index (χ4v) is 2.60. The zero-order valence-corrected chi connectivity index (χ0v) is 14.3. The van der Waals surface area contributed by atoms with Crippen LogP contribution in [-0.2, 0) is 0 Å². The summed E-state index contributed by atoms with van der Waals surface area (Å²) in [4.78, 5) is 0. The Labute approximate surface area is 134 Å². The van der Waals surface area contributed by atoms with Crippen LogP contribution in [-0.4, -0.2) is 14.2 Å². The second-order valence-corrected chi connectivity index (χ2v) is 5.85. The second kappa shape index (κ2) is 6.85. The van der Waals surface area contributed by atoms with Crippen molar-refractivity contribution in [3.63, 3.8) is 0 Å². The number of anilines is 1. The summed E-state index contributed by atoms with van der Waals surface area (Å²) in [7, 11) is 3.35. The quantitative estimate of drug-likeness (QED) is 0.828. The summed E-state index contributed by atoms with van der Waals surface area (Å²) in [5.74, 6) is 1.67. The molecule has 0 saturated carbocycles. The third kappa shape index (κ3) is 3.70. The van der Waals surface area contributed by atoms with Crippen molar-refractivity contribution in [2.24, 2.45) is 0 Å². The van der Waals surface area contributed by atoms with Crippen LogP contribution in [0.15, 0.2) is 40.9 Å². The van der Waals surface area contributed by atoms with Crippen LogP contribution in [0.25, 0.3) is 0 Å². The summed E-state index contributed by atoms with van der Waals surface area (Å²) in [6, 6.07) is 12.1. The molecule has 2 aromatic carbocycles. The maximum absolute atomic E-state index is 5.45. The van der Waals surface area contributed by atoms with Crippen LogP contribution in [0, 0.1) is 6.92 Å². The van der Waals surface area contributed by atoms with Gasteiger partial charge in [0.1, 0.15) is 11.5 Å². The van der Waals surface area contributed by atoms with Gasteiger partial charge in [-0.3, -0.25) is 0 Å². The number of rotatable bonds is 5. The normalized spacial score (nSPS) is 11.9. The van der Waals surface area contributed by atoms with E-state index in [1.54, 1.807) is 14.2 Å². The van der Waals surface area contributed by atoms with Crippen molar-refractivity contribution in [3.8, 4) is 11.5 Å². The number of nitrogens with one attached hydrogen (secondary N) is 1. The van der Waals surface area contributed by atoms with Gasteiger partial charge in [0.05, 0.1) is 20.3 Å². The molecule has 0 saturated heterocycles. The topological polar surface area (TPSA) is 30.5 Å². The number of methoxy groups -OCH3 is 2. The van der Waals surface area contributed by atoms with Crippen molar-refractivity contribution in [3.05, 3.63) is 52.0 Å². The van der Waals surface area contributed by atoms with E-state index in [0.717, 1.165) is 27.2 Å². The molecule has 0 spiro atoms. The SMILES string of the molecule is COc1ccc(OC)c(C(C)Nc2cc(Br)ccc2C)c1. The Bertz CT molecular complexity index is 628. The van der Waals surface area contributed by atoms with E-state index in [0.29, 0.717) is 0 Å². The Balaban J connectivity index is 2.31. The minimum absolute atomic E-state index is 0.100. The van der Waals surface area contributed by atoms with E-state index in [1.165, 1.54) is 5.56 Å². The van der Waals surface area contributed by atoms with Crippen molar-refractivity contribution < 1.29 is 9.47 Å². The predicted molar refractivity (Wildman–Crippen MR) is 90.5 cm³/mol. The smallest absolute Gasteiger partial charge is 0.124 e. The summed E-state index contributed by atoms with van der Waals surface area (Å²) < 4.78 is 11.8. The van der Waals surface area contributed by atoms with Gasteiger partial charge in [0.25, 0.3) is 0 Å². The standard InChI is InChI=1S/C17H20BrNO2/c1-11-5-6-13(18)9-16(11)19-12(2)15-10-14(20-3)7-8-17(15)21-4/h5-10,12,19H,1-4H3. The molecule has 0 aliphatic heterocycles. The lowest BCUT2D eigenvalue weighted by Gasteiger charge is -2.20. The van der Waals surface area contributed by atoms with Gasteiger partial charge in [0, 0.05) is 15.7 Å². The van der Waals surface area contributed by atoms with Gasteiger partial charge < -0.3 is 14.8 Å². The highest BCUT2D eigenvalue weighted by Crippen LogP contribution is 2.32. The van der Waals surface area contributed by atoms with Gasteiger partial charge in [-0.1, -0.05) is 22.0 Å². The number of hydrogen-bond donors (Lipinski definition) is 1. The highest BCUT2D eigenvalue weighted by Gasteiger charge is 2.13. The summed E-state index contributed by atoms with van der Waals surface area (Å²) in [5, 5.41) is 3.53. The third-order valence-electron chi connectivity index (χ3n) is 3.48. The largest absolute Gasteiger partial charge is 0.497 e. The van der Waals surface area contributed by atoms with Crippen molar-refractivity contribution in [1.82, 2.24) is 0 Å². The van der Waals surface area contributed by atoms with Gasteiger partial charge in [-0.15, -0.1) is 0 Å². The number of ether oxygens (including phenoxy) is 2. The molecule has 3 nitrogen and oxygen atoms in total. The zero-order valence-electron chi connectivity index (χ0n) is 12.7. The van der Waals surface area contributed by atoms with Crippen LogP contribution in [0.2, 0.25) is 0 Å². The molecule has 0 heterocycles.